The molecule has 1 aliphatic heterocycles. The minimum Gasteiger partial charge on any atom is -0.378 e. The van der Waals surface area contributed by atoms with Crippen LogP contribution in [-0.2, 0) is 4.74 Å². The first-order chi connectivity index (χ1) is 9.25. The first-order valence-corrected chi connectivity index (χ1v) is 6.88. The number of rotatable bonds is 6. The molecule has 0 bridgehead atoms. The lowest BCUT2D eigenvalue weighted by Gasteiger charge is -2.22. The van der Waals surface area contributed by atoms with E-state index in [1.807, 2.05) is 6.92 Å². The summed E-state index contributed by atoms with van der Waals surface area (Å²) < 4.78 is 5.76. The highest BCUT2D eigenvalue weighted by molar-refractivity contribution is 5.92. The average Bonchev–Trinajstić information content (AvgIpc) is 2.86. The molecule has 0 aromatic carbocycles. The van der Waals surface area contributed by atoms with Crippen LogP contribution in [0.1, 0.15) is 35.4 Å². The average molecular weight is 266 g/mol. The molecule has 3 N–H and O–H groups in total. The van der Waals surface area contributed by atoms with Crippen molar-refractivity contribution in [2.45, 2.75) is 32.3 Å². The summed E-state index contributed by atoms with van der Waals surface area (Å²) in [5.41, 5.74) is 1.33. The Bertz CT molecular complexity index is 399. The molecule has 1 amide bonds. The number of piperidine rings is 1. The molecule has 1 saturated heterocycles. The van der Waals surface area contributed by atoms with Gasteiger partial charge in [0.1, 0.15) is 5.69 Å². The van der Waals surface area contributed by atoms with E-state index in [0.29, 0.717) is 24.9 Å². The number of nitrogens with one attached hydrogen (secondary N) is 3. The number of carbonyl (C=O) groups excluding carboxylic acids is 1. The SMILES string of the molecule is Cc1cc(C(=O)NCCCOC2CCNCC2)n[nH]1. The Balaban J connectivity index is 1.55. The quantitative estimate of drug-likeness (QED) is 0.659. The Morgan fingerprint density at radius 3 is 3.00 bits per heavy atom. The standard InChI is InChI=1S/C13H22N4O2/c1-10-9-12(17-16-10)13(18)15-5-2-8-19-11-3-6-14-7-4-11/h9,11,14H,2-8H2,1H3,(H,15,18)(H,16,17). The third-order valence-corrected chi connectivity index (χ3v) is 3.18. The summed E-state index contributed by atoms with van der Waals surface area (Å²) >= 11 is 0. The number of aromatic nitrogens is 2. The highest BCUT2D eigenvalue weighted by Crippen LogP contribution is 2.07. The fourth-order valence-electron chi connectivity index (χ4n) is 2.11. The van der Waals surface area contributed by atoms with Crippen molar-refractivity contribution in [3.63, 3.8) is 0 Å². The molecule has 6 heteroatoms. The summed E-state index contributed by atoms with van der Waals surface area (Å²) in [6, 6.07) is 1.74. The number of carbonyl (C=O) groups is 1. The Morgan fingerprint density at radius 2 is 2.32 bits per heavy atom. The van der Waals surface area contributed by atoms with Gasteiger partial charge in [0, 0.05) is 18.8 Å². The minimum absolute atomic E-state index is 0.133. The molecule has 106 valence electrons. The molecule has 1 aromatic heterocycles. The normalized spacial score (nSPS) is 16.5. The third-order valence-electron chi connectivity index (χ3n) is 3.18. The second kappa shape index (κ2) is 7.25. The molecule has 0 radical (unpaired) electrons. The number of ether oxygens (including phenoxy) is 1. The van der Waals surface area contributed by atoms with E-state index in [9.17, 15) is 4.79 Å². The highest BCUT2D eigenvalue weighted by atomic mass is 16.5. The van der Waals surface area contributed by atoms with E-state index in [4.69, 9.17) is 4.74 Å². The molecule has 0 unspecified atom stereocenters. The lowest BCUT2D eigenvalue weighted by Crippen LogP contribution is -2.33. The van der Waals surface area contributed by atoms with Crippen molar-refractivity contribution >= 4 is 5.91 Å². The summed E-state index contributed by atoms with van der Waals surface area (Å²) in [6.45, 7) is 5.27. The molecule has 1 fully saturated rings. The molecule has 19 heavy (non-hydrogen) atoms. The zero-order valence-corrected chi connectivity index (χ0v) is 11.4. The number of hydrogen-bond donors (Lipinski definition) is 3. The van der Waals surface area contributed by atoms with Crippen molar-refractivity contribution in [3.05, 3.63) is 17.5 Å². The molecule has 0 saturated carbocycles. The van der Waals surface area contributed by atoms with Gasteiger partial charge in [0.05, 0.1) is 6.10 Å². The number of aromatic amines is 1. The van der Waals surface area contributed by atoms with Crippen LogP contribution in [0.5, 0.6) is 0 Å². The third kappa shape index (κ3) is 4.65. The lowest BCUT2D eigenvalue weighted by atomic mass is 10.1. The van der Waals surface area contributed by atoms with Gasteiger partial charge in [-0.3, -0.25) is 9.89 Å². The number of hydrogen-bond acceptors (Lipinski definition) is 4. The van der Waals surface area contributed by atoms with Crippen LogP contribution in [0, 0.1) is 6.92 Å². The fourth-order valence-corrected chi connectivity index (χ4v) is 2.11. The molecule has 1 aliphatic rings. The van der Waals surface area contributed by atoms with Gasteiger partial charge in [-0.05, 0) is 45.3 Å². The molecular formula is C13H22N4O2. The van der Waals surface area contributed by atoms with Gasteiger partial charge >= 0.3 is 0 Å². The van der Waals surface area contributed by atoms with Crippen LogP contribution in [0.15, 0.2) is 6.07 Å². The highest BCUT2D eigenvalue weighted by Gasteiger charge is 2.13. The van der Waals surface area contributed by atoms with Crippen LogP contribution in [0.3, 0.4) is 0 Å². The van der Waals surface area contributed by atoms with Crippen molar-refractivity contribution in [2.75, 3.05) is 26.2 Å². The van der Waals surface area contributed by atoms with Crippen molar-refractivity contribution in [2.24, 2.45) is 0 Å². The van der Waals surface area contributed by atoms with Gasteiger partial charge in [0.15, 0.2) is 0 Å². The maximum absolute atomic E-state index is 11.7. The molecular weight excluding hydrogens is 244 g/mol. The summed E-state index contributed by atoms with van der Waals surface area (Å²) in [6.07, 6.45) is 3.38. The maximum Gasteiger partial charge on any atom is 0.271 e. The second-order valence-electron chi connectivity index (χ2n) is 4.87. The van der Waals surface area contributed by atoms with Gasteiger partial charge < -0.3 is 15.4 Å². The summed E-state index contributed by atoms with van der Waals surface area (Å²) in [7, 11) is 0. The number of amides is 1. The summed E-state index contributed by atoms with van der Waals surface area (Å²) in [4.78, 5) is 11.7. The zero-order chi connectivity index (χ0) is 13.5. The molecule has 0 atom stereocenters. The maximum atomic E-state index is 11.7. The van der Waals surface area contributed by atoms with E-state index < -0.39 is 0 Å². The molecule has 1 aromatic rings. The van der Waals surface area contributed by atoms with Gasteiger partial charge in [-0.15, -0.1) is 0 Å². The van der Waals surface area contributed by atoms with Gasteiger partial charge in [-0.25, -0.2) is 0 Å². The van der Waals surface area contributed by atoms with Crippen LogP contribution in [-0.4, -0.2) is 48.4 Å². The number of nitrogens with zero attached hydrogens (tertiary/aromatic N) is 1. The number of aryl methyl sites for hydroxylation is 1. The van der Waals surface area contributed by atoms with E-state index in [-0.39, 0.29) is 5.91 Å². The fraction of sp³-hybridized carbons (Fsp3) is 0.692. The largest absolute Gasteiger partial charge is 0.378 e. The summed E-state index contributed by atoms with van der Waals surface area (Å²) in [5.74, 6) is -0.133. The topological polar surface area (TPSA) is 79.0 Å². The Hall–Kier alpha value is -1.40. The predicted molar refractivity (Wildman–Crippen MR) is 72.1 cm³/mol. The van der Waals surface area contributed by atoms with E-state index >= 15 is 0 Å². The first-order valence-electron chi connectivity index (χ1n) is 6.88. The van der Waals surface area contributed by atoms with Crippen molar-refractivity contribution in [1.29, 1.82) is 0 Å². The van der Waals surface area contributed by atoms with Crippen LogP contribution in [0.2, 0.25) is 0 Å². The van der Waals surface area contributed by atoms with E-state index in [0.717, 1.165) is 38.0 Å². The predicted octanol–water partition coefficient (Wildman–Crippen LogP) is 0.607. The van der Waals surface area contributed by atoms with Crippen LogP contribution >= 0.6 is 0 Å². The van der Waals surface area contributed by atoms with Gasteiger partial charge in [0.25, 0.3) is 5.91 Å². The van der Waals surface area contributed by atoms with Crippen molar-refractivity contribution in [3.8, 4) is 0 Å². The van der Waals surface area contributed by atoms with Gasteiger partial charge in [0.2, 0.25) is 0 Å². The Kier molecular flexibility index (Phi) is 5.35. The van der Waals surface area contributed by atoms with Crippen LogP contribution in [0.4, 0.5) is 0 Å². The molecule has 0 aliphatic carbocycles. The first kappa shape index (κ1) is 14.0. The Morgan fingerprint density at radius 1 is 1.53 bits per heavy atom. The minimum atomic E-state index is -0.133. The zero-order valence-electron chi connectivity index (χ0n) is 11.4. The monoisotopic (exact) mass is 266 g/mol. The van der Waals surface area contributed by atoms with Crippen LogP contribution in [0.25, 0.3) is 0 Å². The van der Waals surface area contributed by atoms with E-state index in [2.05, 4.69) is 20.8 Å². The van der Waals surface area contributed by atoms with Gasteiger partial charge in [-0.1, -0.05) is 0 Å². The van der Waals surface area contributed by atoms with Crippen LogP contribution < -0.4 is 10.6 Å². The molecule has 0 spiro atoms. The number of H-pyrrole nitrogens is 1. The van der Waals surface area contributed by atoms with E-state index in [1.54, 1.807) is 6.07 Å². The summed E-state index contributed by atoms with van der Waals surface area (Å²) in [5, 5.41) is 12.8. The Labute approximate surface area is 113 Å². The lowest BCUT2D eigenvalue weighted by molar-refractivity contribution is 0.0317. The van der Waals surface area contributed by atoms with E-state index in [1.165, 1.54) is 0 Å². The molecule has 2 heterocycles. The molecule has 2 rings (SSSR count). The van der Waals surface area contributed by atoms with Crippen molar-refractivity contribution < 1.29 is 9.53 Å². The smallest absolute Gasteiger partial charge is 0.271 e. The van der Waals surface area contributed by atoms with Crippen molar-refractivity contribution in [1.82, 2.24) is 20.8 Å². The second-order valence-corrected chi connectivity index (χ2v) is 4.87. The molecule has 6 nitrogen and oxygen atoms in total. The van der Waals surface area contributed by atoms with Gasteiger partial charge in [-0.2, -0.15) is 5.10 Å².